The first-order valence-corrected chi connectivity index (χ1v) is 5.01. The van der Waals surface area contributed by atoms with E-state index in [9.17, 15) is 9.59 Å². The summed E-state index contributed by atoms with van der Waals surface area (Å²) in [6, 6.07) is -0.871. The fourth-order valence-electron chi connectivity index (χ4n) is 1.47. The van der Waals surface area contributed by atoms with Crippen LogP contribution in [0.1, 0.15) is 19.8 Å². The molecule has 0 spiro atoms. The van der Waals surface area contributed by atoms with E-state index in [1.54, 1.807) is 6.92 Å². The highest BCUT2D eigenvalue weighted by molar-refractivity contribution is 5.79. The second kappa shape index (κ2) is 5.11. The average molecular weight is 215 g/mol. The van der Waals surface area contributed by atoms with Crippen LogP contribution in [0.2, 0.25) is 0 Å². The Bertz CT molecular complexity index is 250. The summed E-state index contributed by atoms with van der Waals surface area (Å²) >= 11 is 0. The summed E-state index contributed by atoms with van der Waals surface area (Å²) in [5, 5.41) is 2.93. The number of nitrogens with one attached hydrogen (secondary N) is 1. The van der Waals surface area contributed by atoms with E-state index in [2.05, 4.69) is 14.8 Å². The van der Waals surface area contributed by atoms with Gasteiger partial charge >= 0.3 is 11.9 Å². The monoisotopic (exact) mass is 215 g/mol. The van der Waals surface area contributed by atoms with Crippen molar-refractivity contribution in [2.24, 2.45) is 5.92 Å². The molecule has 1 aliphatic rings. The van der Waals surface area contributed by atoms with Crippen molar-refractivity contribution in [1.82, 2.24) is 5.32 Å². The van der Waals surface area contributed by atoms with Gasteiger partial charge in [0.1, 0.15) is 12.1 Å². The number of carbonyl (C=O) groups excluding carboxylic acids is 2. The van der Waals surface area contributed by atoms with Crippen LogP contribution in [0.15, 0.2) is 0 Å². The van der Waals surface area contributed by atoms with Crippen molar-refractivity contribution in [2.75, 3.05) is 14.2 Å². The fourth-order valence-corrected chi connectivity index (χ4v) is 1.47. The average Bonchev–Trinajstić information content (AvgIpc) is 3.07. The zero-order valence-electron chi connectivity index (χ0n) is 9.28. The highest BCUT2D eigenvalue weighted by atomic mass is 16.5. The molecule has 1 aliphatic carbocycles. The topological polar surface area (TPSA) is 64.6 Å². The van der Waals surface area contributed by atoms with Crippen LogP contribution in [-0.2, 0) is 19.1 Å². The largest absolute Gasteiger partial charge is 0.468 e. The van der Waals surface area contributed by atoms with Gasteiger partial charge in [-0.3, -0.25) is 14.9 Å². The SMILES string of the molecule is COC(=O)C(C)NC(C(=O)OC)C1CC1. The predicted molar refractivity (Wildman–Crippen MR) is 53.1 cm³/mol. The lowest BCUT2D eigenvalue weighted by Crippen LogP contribution is -2.47. The first kappa shape index (κ1) is 12.0. The Morgan fingerprint density at radius 1 is 1.20 bits per heavy atom. The minimum Gasteiger partial charge on any atom is -0.468 e. The highest BCUT2D eigenvalue weighted by Gasteiger charge is 2.38. The number of esters is 2. The van der Waals surface area contributed by atoms with Crippen LogP contribution in [0.5, 0.6) is 0 Å². The van der Waals surface area contributed by atoms with E-state index in [1.165, 1.54) is 14.2 Å². The van der Waals surface area contributed by atoms with Crippen molar-refractivity contribution in [3.05, 3.63) is 0 Å². The molecule has 15 heavy (non-hydrogen) atoms. The molecule has 2 atom stereocenters. The zero-order chi connectivity index (χ0) is 11.4. The van der Waals surface area contributed by atoms with Crippen molar-refractivity contribution >= 4 is 11.9 Å². The normalized spacial score (nSPS) is 19.1. The maximum absolute atomic E-state index is 11.4. The molecule has 0 radical (unpaired) electrons. The van der Waals surface area contributed by atoms with Gasteiger partial charge in [-0.1, -0.05) is 0 Å². The van der Waals surface area contributed by atoms with E-state index in [-0.39, 0.29) is 18.0 Å². The summed E-state index contributed by atoms with van der Waals surface area (Å²) < 4.78 is 9.25. The number of methoxy groups -OCH3 is 2. The maximum Gasteiger partial charge on any atom is 0.323 e. The van der Waals surface area contributed by atoms with E-state index in [0.717, 1.165) is 12.8 Å². The Labute approximate surface area is 89.1 Å². The quantitative estimate of drug-likeness (QED) is 0.658. The number of rotatable bonds is 5. The highest BCUT2D eigenvalue weighted by Crippen LogP contribution is 2.33. The summed E-state index contributed by atoms with van der Waals surface area (Å²) in [4.78, 5) is 22.6. The summed E-state index contributed by atoms with van der Waals surface area (Å²) in [5.74, 6) is -0.387. The molecule has 0 bridgehead atoms. The van der Waals surface area contributed by atoms with Gasteiger partial charge < -0.3 is 9.47 Å². The molecule has 0 aromatic rings. The van der Waals surface area contributed by atoms with Gasteiger partial charge in [0.25, 0.3) is 0 Å². The van der Waals surface area contributed by atoms with Gasteiger partial charge in [-0.05, 0) is 25.7 Å². The standard InChI is InChI=1S/C10H17NO4/c1-6(9(12)14-2)11-8(7-4-5-7)10(13)15-3/h6-8,11H,4-5H2,1-3H3. The number of hydrogen-bond acceptors (Lipinski definition) is 5. The van der Waals surface area contributed by atoms with E-state index in [4.69, 9.17) is 0 Å². The summed E-state index contributed by atoms with van der Waals surface area (Å²) in [7, 11) is 2.67. The maximum atomic E-state index is 11.4. The molecule has 0 amide bonds. The van der Waals surface area contributed by atoms with E-state index in [1.807, 2.05) is 0 Å². The Morgan fingerprint density at radius 2 is 1.73 bits per heavy atom. The molecule has 5 nitrogen and oxygen atoms in total. The molecule has 1 saturated carbocycles. The van der Waals surface area contributed by atoms with Crippen LogP contribution in [0.25, 0.3) is 0 Å². The van der Waals surface area contributed by atoms with Gasteiger partial charge in [-0.15, -0.1) is 0 Å². The predicted octanol–water partition coefficient (Wildman–Crippen LogP) is 0.0891. The number of carbonyl (C=O) groups is 2. The minimum absolute atomic E-state index is 0.296. The summed E-state index contributed by atoms with van der Waals surface area (Å²) in [5.41, 5.74) is 0. The van der Waals surface area contributed by atoms with Crippen LogP contribution < -0.4 is 5.32 Å². The van der Waals surface area contributed by atoms with Gasteiger partial charge in [0.15, 0.2) is 0 Å². The second-order valence-corrected chi connectivity index (χ2v) is 3.75. The van der Waals surface area contributed by atoms with Crippen LogP contribution in [0.3, 0.4) is 0 Å². The smallest absolute Gasteiger partial charge is 0.323 e. The molecule has 0 aromatic carbocycles. The van der Waals surface area contributed by atoms with Crippen molar-refractivity contribution < 1.29 is 19.1 Å². The van der Waals surface area contributed by atoms with Gasteiger partial charge in [-0.25, -0.2) is 0 Å². The van der Waals surface area contributed by atoms with E-state index >= 15 is 0 Å². The molecule has 86 valence electrons. The third-order valence-electron chi connectivity index (χ3n) is 2.53. The lowest BCUT2D eigenvalue weighted by atomic mass is 10.1. The number of hydrogen-bond donors (Lipinski definition) is 1. The molecule has 2 unspecified atom stereocenters. The number of ether oxygens (including phenoxy) is 2. The fraction of sp³-hybridized carbons (Fsp3) is 0.800. The van der Waals surface area contributed by atoms with Gasteiger partial charge in [0.2, 0.25) is 0 Å². The molecule has 5 heteroatoms. The van der Waals surface area contributed by atoms with E-state index < -0.39 is 6.04 Å². The van der Waals surface area contributed by atoms with E-state index in [0.29, 0.717) is 5.92 Å². The van der Waals surface area contributed by atoms with Crippen molar-refractivity contribution in [3.8, 4) is 0 Å². The minimum atomic E-state index is -0.486. The Hall–Kier alpha value is -1.10. The van der Waals surface area contributed by atoms with Crippen LogP contribution in [-0.4, -0.2) is 38.2 Å². The summed E-state index contributed by atoms with van der Waals surface area (Å²) in [6.07, 6.45) is 2.00. The Balaban J connectivity index is 2.50. The first-order chi connectivity index (χ1) is 7.10. The molecule has 0 heterocycles. The second-order valence-electron chi connectivity index (χ2n) is 3.75. The zero-order valence-corrected chi connectivity index (χ0v) is 9.28. The van der Waals surface area contributed by atoms with Crippen molar-refractivity contribution in [3.63, 3.8) is 0 Å². The van der Waals surface area contributed by atoms with Crippen LogP contribution in [0, 0.1) is 5.92 Å². The van der Waals surface area contributed by atoms with Gasteiger partial charge in [0, 0.05) is 0 Å². The first-order valence-electron chi connectivity index (χ1n) is 5.01. The molecular formula is C10H17NO4. The molecule has 1 fully saturated rings. The third-order valence-corrected chi connectivity index (χ3v) is 2.53. The third kappa shape index (κ3) is 3.20. The van der Waals surface area contributed by atoms with Gasteiger partial charge in [0.05, 0.1) is 14.2 Å². The molecule has 0 saturated heterocycles. The molecular weight excluding hydrogens is 198 g/mol. The van der Waals surface area contributed by atoms with Crippen LogP contribution >= 0.6 is 0 Å². The van der Waals surface area contributed by atoms with Gasteiger partial charge in [-0.2, -0.15) is 0 Å². The van der Waals surface area contributed by atoms with Crippen LogP contribution in [0.4, 0.5) is 0 Å². The molecule has 1 N–H and O–H groups in total. The van der Waals surface area contributed by atoms with Crippen molar-refractivity contribution in [2.45, 2.75) is 31.8 Å². The molecule has 1 rings (SSSR count). The Morgan fingerprint density at radius 3 is 2.13 bits per heavy atom. The lowest BCUT2D eigenvalue weighted by molar-refractivity contribution is -0.146. The Kier molecular flexibility index (Phi) is 4.08. The van der Waals surface area contributed by atoms with Crippen molar-refractivity contribution in [1.29, 1.82) is 0 Å². The summed E-state index contributed by atoms with van der Waals surface area (Å²) in [6.45, 7) is 1.67. The molecule has 0 aromatic heterocycles. The molecule has 0 aliphatic heterocycles. The lowest BCUT2D eigenvalue weighted by Gasteiger charge is -2.19.